The molecule has 1 aliphatic rings. The minimum atomic E-state index is 0.467. The van der Waals surface area contributed by atoms with Gasteiger partial charge in [-0.3, -0.25) is 0 Å². The van der Waals surface area contributed by atoms with Gasteiger partial charge in [-0.1, -0.05) is 45.0 Å². The SMILES string of the molecule is CCNC(CN1CCCC(C)CC1)c1ccc(CC)cc1. The van der Waals surface area contributed by atoms with E-state index in [1.54, 1.807) is 0 Å². The van der Waals surface area contributed by atoms with Crippen molar-refractivity contribution in [2.45, 2.75) is 52.5 Å². The maximum absolute atomic E-state index is 3.67. The van der Waals surface area contributed by atoms with Gasteiger partial charge >= 0.3 is 0 Å². The van der Waals surface area contributed by atoms with Crippen molar-refractivity contribution < 1.29 is 0 Å². The molecule has 118 valence electrons. The minimum absolute atomic E-state index is 0.467. The number of hydrogen-bond donors (Lipinski definition) is 1. The van der Waals surface area contributed by atoms with E-state index >= 15 is 0 Å². The molecule has 0 aromatic heterocycles. The summed E-state index contributed by atoms with van der Waals surface area (Å²) in [5.41, 5.74) is 2.86. The van der Waals surface area contributed by atoms with Gasteiger partial charge in [-0.15, -0.1) is 0 Å². The van der Waals surface area contributed by atoms with E-state index in [9.17, 15) is 0 Å². The molecule has 2 rings (SSSR count). The van der Waals surface area contributed by atoms with Gasteiger partial charge in [0.25, 0.3) is 0 Å². The van der Waals surface area contributed by atoms with Crippen LogP contribution in [0.1, 0.15) is 57.2 Å². The number of likely N-dealkylation sites (tertiary alicyclic amines) is 1. The zero-order valence-corrected chi connectivity index (χ0v) is 14.1. The Morgan fingerprint density at radius 1 is 1.14 bits per heavy atom. The molecule has 2 unspecified atom stereocenters. The van der Waals surface area contributed by atoms with Crippen LogP contribution in [0.4, 0.5) is 0 Å². The van der Waals surface area contributed by atoms with Gasteiger partial charge in [0.15, 0.2) is 0 Å². The smallest absolute Gasteiger partial charge is 0.0449 e. The molecule has 1 heterocycles. The molecule has 1 fully saturated rings. The van der Waals surface area contributed by atoms with Crippen LogP contribution in [0.15, 0.2) is 24.3 Å². The van der Waals surface area contributed by atoms with Crippen LogP contribution in [-0.4, -0.2) is 31.1 Å². The summed E-state index contributed by atoms with van der Waals surface area (Å²) in [6.45, 7) is 11.5. The number of rotatable bonds is 6. The Morgan fingerprint density at radius 2 is 1.90 bits per heavy atom. The van der Waals surface area contributed by atoms with Crippen molar-refractivity contribution in [2.75, 3.05) is 26.2 Å². The molecule has 1 aliphatic heterocycles. The average molecular weight is 288 g/mol. The van der Waals surface area contributed by atoms with Gasteiger partial charge in [0, 0.05) is 12.6 Å². The molecule has 1 aromatic rings. The van der Waals surface area contributed by atoms with Crippen molar-refractivity contribution in [3.8, 4) is 0 Å². The van der Waals surface area contributed by atoms with Crippen LogP contribution < -0.4 is 5.32 Å². The fraction of sp³-hybridized carbons (Fsp3) is 0.684. The van der Waals surface area contributed by atoms with Gasteiger partial charge in [0.1, 0.15) is 0 Å². The topological polar surface area (TPSA) is 15.3 Å². The van der Waals surface area contributed by atoms with Crippen molar-refractivity contribution in [1.29, 1.82) is 0 Å². The van der Waals surface area contributed by atoms with E-state index in [2.05, 4.69) is 55.3 Å². The average Bonchev–Trinajstić information content (AvgIpc) is 2.72. The number of nitrogens with zero attached hydrogens (tertiary/aromatic N) is 1. The van der Waals surface area contributed by atoms with Gasteiger partial charge in [-0.05, 0) is 62.4 Å². The third kappa shape index (κ3) is 5.12. The van der Waals surface area contributed by atoms with Crippen LogP contribution in [0.3, 0.4) is 0 Å². The molecule has 21 heavy (non-hydrogen) atoms. The summed E-state index contributed by atoms with van der Waals surface area (Å²) in [4.78, 5) is 2.66. The lowest BCUT2D eigenvalue weighted by Crippen LogP contribution is -2.36. The van der Waals surface area contributed by atoms with Gasteiger partial charge in [0.05, 0.1) is 0 Å². The van der Waals surface area contributed by atoms with E-state index in [0.29, 0.717) is 6.04 Å². The second-order valence-electron chi connectivity index (χ2n) is 6.54. The molecule has 0 spiro atoms. The van der Waals surface area contributed by atoms with Gasteiger partial charge in [0.2, 0.25) is 0 Å². The summed E-state index contributed by atoms with van der Waals surface area (Å²) in [5.74, 6) is 0.899. The first kappa shape index (κ1) is 16.5. The molecule has 2 atom stereocenters. The van der Waals surface area contributed by atoms with E-state index in [1.165, 1.54) is 43.5 Å². The Labute approximate surface area is 130 Å². The molecule has 0 aliphatic carbocycles. The predicted octanol–water partition coefficient (Wildman–Crippen LogP) is 4.02. The van der Waals surface area contributed by atoms with E-state index in [4.69, 9.17) is 0 Å². The lowest BCUT2D eigenvalue weighted by atomic mass is 10.0. The van der Waals surface area contributed by atoms with Gasteiger partial charge in [-0.2, -0.15) is 0 Å². The maximum Gasteiger partial charge on any atom is 0.0449 e. The summed E-state index contributed by atoms with van der Waals surface area (Å²) in [7, 11) is 0. The minimum Gasteiger partial charge on any atom is -0.309 e. The summed E-state index contributed by atoms with van der Waals surface area (Å²) >= 11 is 0. The van der Waals surface area contributed by atoms with E-state index in [1.807, 2.05) is 0 Å². The van der Waals surface area contributed by atoms with Crippen LogP contribution >= 0.6 is 0 Å². The van der Waals surface area contributed by atoms with Crippen LogP contribution in [0.25, 0.3) is 0 Å². The van der Waals surface area contributed by atoms with Gasteiger partial charge in [-0.25, -0.2) is 0 Å². The van der Waals surface area contributed by atoms with Crippen LogP contribution in [-0.2, 0) is 6.42 Å². The van der Waals surface area contributed by atoms with E-state index < -0.39 is 0 Å². The summed E-state index contributed by atoms with van der Waals surface area (Å²) in [5, 5.41) is 3.67. The highest BCUT2D eigenvalue weighted by Crippen LogP contribution is 2.20. The van der Waals surface area contributed by atoms with Crippen molar-refractivity contribution in [3.63, 3.8) is 0 Å². The fourth-order valence-corrected chi connectivity index (χ4v) is 3.28. The van der Waals surface area contributed by atoms with Crippen molar-refractivity contribution in [3.05, 3.63) is 35.4 Å². The third-order valence-corrected chi connectivity index (χ3v) is 4.79. The monoisotopic (exact) mass is 288 g/mol. The van der Waals surface area contributed by atoms with Crippen molar-refractivity contribution >= 4 is 0 Å². The zero-order chi connectivity index (χ0) is 15.1. The van der Waals surface area contributed by atoms with Crippen LogP contribution in [0.5, 0.6) is 0 Å². The molecule has 2 heteroatoms. The lowest BCUT2D eigenvalue weighted by Gasteiger charge is -2.27. The van der Waals surface area contributed by atoms with Gasteiger partial charge < -0.3 is 10.2 Å². The second-order valence-corrected chi connectivity index (χ2v) is 6.54. The maximum atomic E-state index is 3.67. The highest BCUT2D eigenvalue weighted by molar-refractivity contribution is 5.25. The second kappa shape index (κ2) is 8.55. The summed E-state index contributed by atoms with van der Waals surface area (Å²) < 4.78 is 0. The third-order valence-electron chi connectivity index (χ3n) is 4.79. The molecule has 0 radical (unpaired) electrons. The number of nitrogens with one attached hydrogen (secondary N) is 1. The molecule has 0 saturated carbocycles. The zero-order valence-electron chi connectivity index (χ0n) is 14.1. The first-order chi connectivity index (χ1) is 10.2. The van der Waals surface area contributed by atoms with Crippen molar-refractivity contribution in [2.24, 2.45) is 5.92 Å². The molecular formula is C19H32N2. The quantitative estimate of drug-likeness (QED) is 0.850. The predicted molar refractivity (Wildman–Crippen MR) is 91.7 cm³/mol. The first-order valence-corrected chi connectivity index (χ1v) is 8.77. The fourth-order valence-electron chi connectivity index (χ4n) is 3.28. The molecule has 2 nitrogen and oxygen atoms in total. The molecule has 1 aromatic carbocycles. The lowest BCUT2D eigenvalue weighted by molar-refractivity contribution is 0.250. The summed E-state index contributed by atoms with van der Waals surface area (Å²) in [6, 6.07) is 9.66. The Morgan fingerprint density at radius 3 is 2.57 bits per heavy atom. The van der Waals surface area contributed by atoms with Crippen molar-refractivity contribution in [1.82, 2.24) is 10.2 Å². The normalized spacial score (nSPS) is 22.0. The van der Waals surface area contributed by atoms with E-state index in [-0.39, 0.29) is 0 Å². The number of aryl methyl sites for hydroxylation is 1. The van der Waals surface area contributed by atoms with Crippen LogP contribution in [0, 0.1) is 5.92 Å². The highest BCUT2D eigenvalue weighted by atomic mass is 15.1. The highest BCUT2D eigenvalue weighted by Gasteiger charge is 2.18. The van der Waals surface area contributed by atoms with E-state index in [0.717, 1.165) is 25.4 Å². The number of likely N-dealkylation sites (N-methyl/N-ethyl adjacent to an activating group) is 1. The standard InChI is InChI=1S/C19H32N2/c1-4-17-8-10-18(11-9-17)19(20-5-2)15-21-13-6-7-16(3)12-14-21/h8-11,16,19-20H,4-7,12-15H2,1-3H3. The molecule has 0 bridgehead atoms. The molecular weight excluding hydrogens is 256 g/mol. The Hall–Kier alpha value is -0.860. The molecule has 1 N–H and O–H groups in total. The molecule has 0 amide bonds. The first-order valence-electron chi connectivity index (χ1n) is 8.77. The molecule has 1 saturated heterocycles. The number of hydrogen-bond acceptors (Lipinski definition) is 2. The largest absolute Gasteiger partial charge is 0.309 e. The Kier molecular flexibility index (Phi) is 6.72. The Balaban J connectivity index is 2.00. The Bertz CT molecular complexity index is 399. The number of benzene rings is 1. The van der Waals surface area contributed by atoms with Crippen LogP contribution in [0.2, 0.25) is 0 Å². The summed E-state index contributed by atoms with van der Waals surface area (Å²) in [6.07, 6.45) is 5.23.